The second-order valence-electron chi connectivity index (χ2n) is 10.9. The Labute approximate surface area is 179 Å². The topological polar surface area (TPSA) is 66.5 Å². The molecule has 5 nitrogen and oxygen atoms in total. The molecule has 0 aliphatic heterocycles. The summed E-state index contributed by atoms with van der Waals surface area (Å²) >= 11 is 0. The summed E-state index contributed by atoms with van der Waals surface area (Å²) in [6.45, 7) is 20.5. The number of hydrogen-bond acceptors (Lipinski definition) is 5. The highest BCUT2D eigenvalue weighted by Gasteiger charge is 2.34. The lowest BCUT2D eigenvalue weighted by atomic mass is 9.87. The van der Waals surface area contributed by atoms with Crippen LogP contribution in [-0.4, -0.2) is 54.0 Å². The van der Waals surface area contributed by atoms with E-state index >= 15 is 0 Å². The molecule has 0 aromatic carbocycles. The number of nitrogens with zero attached hydrogens (tertiary/aromatic N) is 1. The first kappa shape index (κ1) is 27.9. The average Bonchev–Trinajstić information content (AvgIpc) is 2.54. The molecule has 5 heteroatoms. The van der Waals surface area contributed by atoms with E-state index in [1.807, 2.05) is 60.3 Å². The number of nitrogens with one attached hydrogen (secondary N) is 1. The minimum Gasteiger partial charge on any atom is -0.315 e. The van der Waals surface area contributed by atoms with E-state index in [0.29, 0.717) is 12.5 Å². The van der Waals surface area contributed by atoms with Crippen molar-refractivity contribution in [1.29, 1.82) is 0 Å². The largest absolute Gasteiger partial charge is 0.315 e. The van der Waals surface area contributed by atoms with Gasteiger partial charge in [-0.05, 0) is 19.4 Å². The van der Waals surface area contributed by atoms with Crippen molar-refractivity contribution in [1.82, 2.24) is 10.2 Å². The number of rotatable bonds is 13. The molecular formula is C24H46N2O3. The van der Waals surface area contributed by atoms with Crippen molar-refractivity contribution in [2.45, 2.75) is 101 Å². The molecule has 0 aromatic heterocycles. The van der Waals surface area contributed by atoms with Crippen molar-refractivity contribution < 1.29 is 14.4 Å². The van der Waals surface area contributed by atoms with Crippen molar-refractivity contribution >= 4 is 17.3 Å². The minimum atomic E-state index is -0.504. The van der Waals surface area contributed by atoms with Crippen LogP contribution in [0.4, 0.5) is 0 Å². The van der Waals surface area contributed by atoms with Crippen molar-refractivity contribution in [3.05, 3.63) is 0 Å². The number of Topliss-reactive ketones (excluding diaryl/α,β-unsaturated/α-hetero) is 3. The predicted octanol–water partition coefficient (Wildman–Crippen LogP) is 4.28. The van der Waals surface area contributed by atoms with Gasteiger partial charge >= 0.3 is 0 Å². The van der Waals surface area contributed by atoms with Crippen LogP contribution in [0.2, 0.25) is 0 Å². The Hall–Kier alpha value is -1.07. The average molecular weight is 411 g/mol. The molecule has 29 heavy (non-hydrogen) atoms. The normalized spacial score (nSPS) is 14.0. The number of hydrogen-bond donors (Lipinski definition) is 1. The molecule has 1 atom stereocenters. The fourth-order valence-corrected chi connectivity index (χ4v) is 2.86. The molecule has 1 unspecified atom stereocenters. The number of unbranched alkanes of at least 4 members (excludes halogenated alkanes) is 1. The predicted molar refractivity (Wildman–Crippen MR) is 121 cm³/mol. The summed E-state index contributed by atoms with van der Waals surface area (Å²) in [4.78, 5) is 40.4. The van der Waals surface area contributed by atoms with E-state index in [2.05, 4.69) is 19.2 Å². The lowest BCUT2D eigenvalue weighted by Gasteiger charge is -2.34. The van der Waals surface area contributed by atoms with Crippen LogP contribution in [0.15, 0.2) is 0 Å². The van der Waals surface area contributed by atoms with Gasteiger partial charge in [0.05, 0.1) is 19.1 Å². The van der Waals surface area contributed by atoms with E-state index in [-0.39, 0.29) is 36.4 Å². The second kappa shape index (κ2) is 11.9. The molecule has 0 heterocycles. The quantitative estimate of drug-likeness (QED) is 0.459. The molecule has 0 amide bonds. The standard InChI is InChI=1S/C24H46N2O3/c1-17(2)22(29)19(13-11-12-14-25-18(3)4)26(15-20(27)23(5,6)7)16-21(28)24(8,9)10/h17-19,25H,11-16H2,1-10H3. The van der Waals surface area contributed by atoms with E-state index in [1.54, 1.807) is 0 Å². The maximum absolute atomic E-state index is 13.0. The van der Waals surface area contributed by atoms with Crippen LogP contribution >= 0.6 is 0 Å². The Balaban J connectivity index is 5.52. The fraction of sp³-hybridized carbons (Fsp3) is 0.875. The summed E-state index contributed by atoms with van der Waals surface area (Å²) in [5, 5.41) is 3.40. The third-order valence-corrected chi connectivity index (χ3v) is 5.16. The van der Waals surface area contributed by atoms with Gasteiger partial charge in [-0.15, -0.1) is 0 Å². The molecule has 0 radical (unpaired) electrons. The Morgan fingerprint density at radius 1 is 0.793 bits per heavy atom. The Morgan fingerprint density at radius 2 is 1.24 bits per heavy atom. The fourth-order valence-electron chi connectivity index (χ4n) is 2.86. The lowest BCUT2D eigenvalue weighted by Crippen LogP contribution is -2.50. The lowest BCUT2D eigenvalue weighted by molar-refractivity contribution is -0.135. The molecule has 1 N–H and O–H groups in total. The summed E-state index contributed by atoms with van der Waals surface area (Å²) in [7, 11) is 0. The van der Waals surface area contributed by atoms with Crippen LogP contribution in [0.3, 0.4) is 0 Å². The molecule has 0 saturated heterocycles. The molecule has 0 aromatic rings. The van der Waals surface area contributed by atoms with E-state index in [4.69, 9.17) is 0 Å². The maximum Gasteiger partial charge on any atom is 0.152 e. The number of carbonyl (C=O) groups is 3. The first-order valence-corrected chi connectivity index (χ1v) is 11.1. The van der Waals surface area contributed by atoms with E-state index < -0.39 is 16.9 Å². The van der Waals surface area contributed by atoms with Crippen molar-refractivity contribution in [2.24, 2.45) is 16.7 Å². The van der Waals surface area contributed by atoms with E-state index in [1.165, 1.54) is 0 Å². The first-order chi connectivity index (χ1) is 13.1. The maximum atomic E-state index is 13.0. The van der Waals surface area contributed by atoms with Crippen LogP contribution in [0.1, 0.15) is 88.5 Å². The molecule has 0 spiro atoms. The third kappa shape index (κ3) is 11.0. The highest BCUT2D eigenvalue weighted by molar-refractivity contribution is 5.91. The summed E-state index contributed by atoms with van der Waals surface area (Å²) in [5.74, 6) is 0.0977. The van der Waals surface area contributed by atoms with Gasteiger partial charge in [-0.25, -0.2) is 0 Å². The van der Waals surface area contributed by atoms with Gasteiger partial charge in [-0.1, -0.05) is 75.7 Å². The molecule has 170 valence electrons. The Bertz CT molecular complexity index is 511. The summed E-state index contributed by atoms with van der Waals surface area (Å²) in [6, 6.07) is 0.0417. The monoisotopic (exact) mass is 410 g/mol. The van der Waals surface area contributed by atoms with Gasteiger partial charge < -0.3 is 5.32 Å². The second-order valence-corrected chi connectivity index (χ2v) is 10.9. The van der Waals surface area contributed by atoms with Gasteiger partial charge in [0.25, 0.3) is 0 Å². The molecule has 0 bridgehead atoms. The molecule has 0 aliphatic rings. The number of ketones is 3. The third-order valence-electron chi connectivity index (χ3n) is 5.16. The number of carbonyl (C=O) groups excluding carboxylic acids is 3. The van der Waals surface area contributed by atoms with Crippen LogP contribution in [0.5, 0.6) is 0 Å². The van der Waals surface area contributed by atoms with E-state index in [0.717, 1.165) is 19.4 Å². The summed E-state index contributed by atoms with van der Waals surface area (Å²) in [5.41, 5.74) is -1.01. The highest BCUT2D eigenvalue weighted by atomic mass is 16.1. The van der Waals surface area contributed by atoms with E-state index in [9.17, 15) is 14.4 Å². The van der Waals surface area contributed by atoms with Gasteiger partial charge in [0.15, 0.2) is 17.3 Å². The summed E-state index contributed by atoms with van der Waals surface area (Å²) < 4.78 is 0. The molecule has 0 aliphatic carbocycles. The van der Waals surface area contributed by atoms with Crippen LogP contribution in [0.25, 0.3) is 0 Å². The summed E-state index contributed by atoms with van der Waals surface area (Å²) in [6.07, 6.45) is 2.52. The smallest absolute Gasteiger partial charge is 0.152 e. The first-order valence-electron chi connectivity index (χ1n) is 11.1. The van der Waals surface area contributed by atoms with Gasteiger partial charge in [0, 0.05) is 22.8 Å². The minimum absolute atomic E-state index is 0.0576. The zero-order chi connectivity index (χ0) is 23.0. The van der Waals surface area contributed by atoms with Gasteiger partial charge in [-0.2, -0.15) is 0 Å². The van der Waals surface area contributed by atoms with Crippen molar-refractivity contribution in [3.63, 3.8) is 0 Å². The molecule has 0 fully saturated rings. The molecule has 0 saturated carbocycles. The Kier molecular flexibility index (Phi) is 11.5. The zero-order valence-corrected chi connectivity index (χ0v) is 20.6. The van der Waals surface area contributed by atoms with Gasteiger partial charge in [0.1, 0.15) is 0 Å². The van der Waals surface area contributed by atoms with Crippen molar-refractivity contribution in [2.75, 3.05) is 19.6 Å². The van der Waals surface area contributed by atoms with Crippen LogP contribution in [-0.2, 0) is 14.4 Å². The van der Waals surface area contributed by atoms with Crippen LogP contribution in [0, 0.1) is 16.7 Å². The highest BCUT2D eigenvalue weighted by Crippen LogP contribution is 2.22. The van der Waals surface area contributed by atoms with Gasteiger partial charge in [-0.3, -0.25) is 19.3 Å². The zero-order valence-electron chi connectivity index (χ0n) is 20.6. The van der Waals surface area contributed by atoms with Crippen molar-refractivity contribution in [3.8, 4) is 0 Å². The SMILES string of the molecule is CC(C)NCCCCC(C(=O)C(C)C)N(CC(=O)C(C)(C)C)CC(=O)C(C)(C)C. The molecular weight excluding hydrogens is 364 g/mol. The Morgan fingerprint density at radius 3 is 1.59 bits per heavy atom. The molecule has 0 rings (SSSR count). The van der Waals surface area contributed by atoms with Gasteiger partial charge in [0.2, 0.25) is 0 Å². The van der Waals surface area contributed by atoms with Crippen LogP contribution < -0.4 is 5.32 Å².